The number of carbonyl (C=O) groups excluding carboxylic acids is 3. The smallest absolute Gasteiger partial charge is 0.312 e. The number of benzene rings is 1. The van der Waals surface area contributed by atoms with Gasteiger partial charge in [-0.15, -0.1) is 0 Å². The van der Waals surface area contributed by atoms with E-state index in [1.54, 1.807) is 6.92 Å². The fraction of sp³-hybridized carbons (Fsp3) is 0.667. The fourth-order valence-electron chi connectivity index (χ4n) is 6.53. The summed E-state index contributed by atoms with van der Waals surface area (Å²) in [6.07, 6.45) is 0.847. The highest BCUT2D eigenvalue weighted by Crippen LogP contribution is 2.65. The Kier molecular flexibility index (Phi) is 6.51. The molecule has 3 aliphatic heterocycles. The molecule has 0 radical (unpaired) electrons. The summed E-state index contributed by atoms with van der Waals surface area (Å²) < 4.78 is 12.1. The third-order valence-electron chi connectivity index (χ3n) is 7.96. The van der Waals surface area contributed by atoms with Gasteiger partial charge in [-0.2, -0.15) is 0 Å². The maximum Gasteiger partial charge on any atom is 0.312 e. The number of hydrogen-bond acceptors (Lipinski definition) is 6. The van der Waals surface area contributed by atoms with Crippen LogP contribution in [0.3, 0.4) is 0 Å². The summed E-state index contributed by atoms with van der Waals surface area (Å²) >= 11 is 0. The van der Waals surface area contributed by atoms with Crippen molar-refractivity contribution in [3.63, 3.8) is 0 Å². The summed E-state index contributed by atoms with van der Waals surface area (Å²) in [5, 5.41) is 13.5. The Morgan fingerprint density at radius 2 is 1.94 bits per heavy atom. The van der Waals surface area contributed by atoms with Crippen LogP contribution < -0.4 is 5.32 Å². The molecule has 3 fully saturated rings. The number of aliphatic hydroxyl groups excluding tert-OH is 1. The maximum atomic E-state index is 14.2. The van der Waals surface area contributed by atoms with E-state index in [1.807, 2.05) is 65.0 Å². The van der Waals surface area contributed by atoms with E-state index in [1.165, 1.54) is 4.90 Å². The zero-order valence-electron chi connectivity index (χ0n) is 21.5. The van der Waals surface area contributed by atoms with Gasteiger partial charge >= 0.3 is 5.97 Å². The third kappa shape index (κ3) is 4.04. The average molecular weight is 487 g/mol. The largest absolute Gasteiger partial charge is 0.466 e. The molecular formula is C27H38N2O6. The molecule has 3 aliphatic rings. The molecule has 1 aromatic carbocycles. The van der Waals surface area contributed by atoms with Crippen molar-refractivity contribution < 1.29 is 29.0 Å². The Hall–Kier alpha value is -2.45. The van der Waals surface area contributed by atoms with Crippen LogP contribution in [0.1, 0.15) is 53.5 Å². The van der Waals surface area contributed by atoms with Crippen molar-refractivity contribution in [3.8, 4) is 0 Å². The number of hydrogen-bond donors (Lipinski definition) is 2. The lowest BCUT2D eigenvalue weighted by Crippen LogP contribution is -2.60. The number of ether oxygens (including phenoxy) is 2. The lowest BCUT2D eigenvalue weighted by molar-refractivity contribution is -0.162. The van der Waals surface area contributed by atoms with E-state index in [0.717, 1.165) is 5.56 Å². The van der Waals surface area contributed by atoms with E-state index < -0.39 is 46.6 Å². The van der Waals surface area contributed by atoms with Crippen LogP contribution in [0.2, 0.25) is 0 Å². The second-order valence-electron chi connectivity index (χ2n) is 11.5. The first-order valence-corrected chi connectivity index (χ1v) is 12.6. The highest BCUT2D eigenvalue weighted by molar-refractivity contribution is 5.99. The minimum absolute atomic E-state index is 0.0625. The second kappa shape index (κ2) is 8.89. The van der Waals surface area contributed by atoms with Gasteiger partial charge in [-0.05, 0) is 58.9 Å². The molecule has 2 amide bonds. The van der Waals surface area contributed by atoms with E-state index in [4.69, 9.17) is 9.47 Å². The number of rotatable bonds is 7. The number of nitrogens with zero attached hydrogens (tertiary/aromatic N) is 1. The van der Waals surface area contributed by atoms with E-state index >= 15 is 0 Å². The van der Waals surface area contributed by atoms with E-state index in [-0.39, 0.29) is 30.9 Å². The summed E-state index contributed by atoms with van der Waals surface area (Å²) in [5.41, 5.74) is -1.67. The van der Waals surface area contributed by atoms with Crippen LogP contribution in [0, 0.1) is 17.8 Å². The topological polar surface area (TPSA) is 105 Å². The van der Waals surface area contributed by atoms with Crippen LogP contribution in [0.5, 0.6) is 0 Å². The van der Waals surface area contributed by atoms with Crippen LogP contribution in [0.25, 0.3) is 0 Å². The van der Waals surface area contributed by atoms with Gasteiger partial charge in [-0.1, -0.05) is 37.3 Å². The average Bonchev–Trinajstić information content (AvgIpc) is 3.28. The summed E-state index contributed by atoms with van der Waals surface area (Å²) in [6, 6.07) is 7.95. The Morgan fingerprint density at radius 1 is 1.29 bits per heavy atom. The molecule has 8 nitrogen and oxygen atoms in total. The normalized spacial score (nSPS) is 34.6. The van der Waals surface area contributed by atoms with Crippen molar-refractivity contribution in [2.45, 2.75) is 83.2 Å². The zero-order chi connectivity index (χ0) is 25.8. The first-order chi connectivity index (χ1) is 16.4. The molecule has 3 unspecified atom stereocenters. The Bertz CT molecular complexity index is 991. The van der Waals surface area contributed by atoms with E-state index in [2.05, 4.69) is 5.32 Å². The van der Waals surface area contributed by atoms with Crippen LogP contribution in [-0.2, 0) is 30.3 Å². The number of amides is 2. The van der Waals surface area contributed by atoms with Gasteiger partial charge in [0.25, 0.3) is 0 Å². The number of likely N-dealkylation sites (tertiary alicyclic amines) is 1. The van der Waals surface area contributed by atoms with Crippen molar-refractivity contribution in [2.24, 2.45) is 17.8 Å². The number of esters is 1. The minimum Gasteiger partial charge on any atom is -0.466 e. The summed E-state index contributed by atoms with van der Waals surface area (Å²) in [4.78, 5) is 42.7. The summed E-state index contributed by atoms with van der Waals surface area (Å²) in [6.45, 7) is 11.1. The molecule has 1 spiro atoms. The summed E-state index contributed by atoms with van der Waals surface area (Å²) in [7, 11) is 0. The molecule has 0 aromatic heterocycles. The van der Waals surface area contributed by atoms with Gasteiger partial charge in [0.15, 0.2) is 0 Å². The standard InChI is InChI=1S/C27H38N2O6/c1-7-34-24(33)20-19-23(32)29(18(15-30)13-17-11-9-8-10-12-17)21(22(31)28-25(3,4)5)27(19)14-16(2)26(20,6)35-27/h8-12,16,18-21,30H,7,13-15H2,1-6H3,(H,28,31)/t16?,18-,19+,20+,21?,26-,27?/m1/s1. The lowest BCUT2D eigenvalue weighted by atomic mass is 9.62. The molecule has 192 valence electrons. The molecule has 7 atom stereocenters. The Labute approximate surface area is 207 Å². The molecule has 0 saturated carbocycles. The second-order valence-corrected chi connectivity index (χ2v) is 11.5. The number of fused-ring (bicyclic) bond motifs is 1. The quantitative estimate of drug-likeness (QED) is 0.572. The lowest BCUT2D eigenvalue weighted by Gasteiger charge is -2.38. The van der Waals surface area contributed by atoms with Crippen molar-refractivity contribution in [3.05, 3.63) is 35.9 Å². The van der Waals surface area contributed by atoms with Crippen molar-refractivity contribution in [1.29, 1.82) is 0 Å². The van der Waals surface area contributed by atoms with Crippen molar-refractivity contribution >= 4 is 17.8 Å². The van der Waals surface area contributed by atoms with Gasteiger partial charge in [0.2, 0.25) is 11.8 Å². The van der Waals surface area contributed by atoms with Gasteiger partial charge in [-0.3, -0.25) is 14.4 Å². The molecule has 8 heteroatoms. The van der Waals surface area contributed by atoms with Gasteiger partial charge < -0.3 is 24.8 Å². The van der Waals surface area contributed by atoms with E-state index in [9.17, 15) is 19.5 Å². The van der Waals surface area contributed by atoms with Gasteiger partial charge in [0.05, 0.1) is 30.8 Å². The fourth-order valence-corrected chi connectivity index (χ4v) is 6.53. The first-order valence-electron chi connectivity index (χ1n) is 12.6. The molecule has 1 aromatic rings. The predicted molar refractivity (Wildman–Crippen MR) is 129 cm³/mol. The first kappa shape index (κ1) is 25.6. The predicted octanol–water partition coefficient (Wildman–Crippen LogP) is 2.08. The number of nitrogens with one attached hydrogen (secondary N) is 1. The third-order valence-corrected chi connectivity index (χ3v) is 7.96. The molecule has 4 rings (SSSR count). The monoisotopic (exact) mass is 486 g/mol. The number of aliphatic hydroxyl groups is 1. The molecule has 35 heavy (non-hydrogen) atoms. The van der Waals surface area contributed by atoms with Crippen molar-refractivity contribution in [1.82, 2.24) is 10.2 Å². The van der Waals surface area contributed by atoms with E-state index in [0.29, 0.717) is 12.8 Å². The zero-order valence-corrected chi connectivity index (χ0v) is 21.5. The van der Waals surface area contributed by atoms with Crippen LogP contribution in [0.15, 0.2) is 30.3 Å². The Balaban J connectivity index is 1.81. The highest BCUT2D eigenvalue weighted by Gasteiger charge is 2.80. The van der Waals surface area contributed by atoms with Crippen LogP contribution in [0.4, 0.5) is 0 Å². The van der Waals surface area contributed by atoms with Gasteiger partial charge in [0, 0.05) is 5.54 Å². The SMILES string of the molecule is CCOC(=O)[C@@H]1[C@H]2C(=O)N([C@@H](CO)Cc3ccccc3)C(C(=O)NC(C)(C)C)C23CC(C)[C@@]1(C)O3. The molecule has 0 aliphatic carbocycles. The number of carbonyl (C=O) groups is 3. The summed E-state index contributed by atoms with van der Waals surface area (Å²) in [5.74, 6) is -2.86. The molecule has 3 saturated heterocycles. The van der Waals surface area contributed by atoms with Gasteiger partial charge in [-0.25, -0.2) is 0 Å². The molecule has 3 heterocycles. The maximum absolute atomic E-state index is 14.2. The molecular weight excluding hydrogens is 448 g/mol. The molecule has 2 bridgehead atoms. The van der Waals surface area contributed by atoms with Gasteiger partial charge in [0.1, 0.15) is 17.6 Å². The van der Waals surface area contributed by atoms with Crippen LogP contribution >= 0.6 is 0 Å². The van der Waals surface area contributed by atoms with Crippen LogP contribution in [-0.4, -0.2) is 69.8 Å². The Morgan fingerprint density at radius 3 is 2.51 bits per heavy atom. The molecule has 2 N–H and O–H groups in total. The van der Waals surface area contributed by atoms with Crippen molar-refractivity contribution in [2.75, 3.05) is 13.2 Å². The highest BCUT2D eigenvalue weighted by atomic mass is 16.6. The minimum atomic E-state index is -1.16.